The Kier molecular flexibility index (Phi) is 7.54. The Morgan fingerprint density at radius 3 is 2.87 bits per heavy atom. The number of thiazole rings is 1. The minimum absolute atomic E-state index is 0.0582. The van der Waals surface area contributed by atoms with E-state index in [4.69, 9.17) is 9.47 Å². The van der Waals surface area contributed by atoms with Gasteiger partial charge in [0.1, 0.15) is 11.9 Å². The van der Waals surface area contributed by atoms with Crippen LogP contribution in [0.5, 0.6) is 5.75 Å². The van der Waals surface area contributed by atoms with Gasteiger partial charge in [-0.25, -0.2) is 4.98 Å². The van der Waals surface area contributed by atoms with Crippen molar-refractivity contribution in [1.82, 2.24) is 15.6 Å². The number of aryl methyl sites for hydroxylation is 1. The summed E-state index contributed by atoms with van der Waals surface area (Å²) in [6.45, 7) is 4.24. The number of alkyl halides is 3. The molecule has 0 aliphatic carbocycles. The third-order valence-electron chi connectivity index (χ3n) is 4.55. The van der Waals surface area contributed by atoms with Crippen molar-refractivity contribution in [3.63, 3.8) is 0 Å². The van der Waals surface area contributed by atoms with Crippen molar-refractivity contribution < 1.29 is 22.6 Å². The molecule has 1 atom stereocenters. The van der Waals surface area contributed by atoms with Crippen LogP contribution in [0.3, 0.4) is 0 Å². The van der Waals surface area contributed by atoms with E-state index >= 15 is 0 Å². The molecule has 0 spiro atoms. The fraction of sp³-hybridized carbons (Fsp3) is 0.500. The monoisotopic (exact) mass is 442 g/mol. The molecule has 6 nitrogen and oxygen atoms in total. The second-order valence-electron chi connectivity index (χ2n) is 6.94. The average molecular weight is 443 g/mol. The molecule has 3 rings (SSSR count). The maximum atomic E-state index is 12.6. The normalized spacial score (nSPS) is 17.2. The van der Waals surface area contributed by atoms with Gasteiger partial charge in [-0.3, -0.25) is 4.99 Å². The molecule has 0 radical (unpaired) electrons. The summed E-state index contributed by atoms with van der Waals surface area (Å²) in [5.74, 6) is 1.37. The van der Waals surface area contributed by atoms with Crippen molar-refractivity contribution in [1.29, 1.82) is 0 Å². The predicted molar refractivity (Wildman–Crippen MR) is 110 cm³/mol. The first kappa shape index (κ1) is 22.4. The van der Waals surface area contributed by atoms with Crippen LogP contribution in [0.25, 0.3) is 0 Å². The molecule has 1 fully saturated rings. The van der Waals surface area contributed by atoms with E-state index in [9.17, 15) is 13.2 Å². The van der Waals surface area contributed by atoms with Gasteiger partial charge in [-0.1, -0.05) is 12.1 Å². The Bertz CT molecular complexity index is 864. The number of nitrogens with zero attached hydrogens (tertiary/aromatic N) is 2. The first-order valence-electron chi connectivity index (χ1n) is 9.65. The van der Waals surface area contributed by atoms with Crippen LogP contribution in [0.1, 0.15) is 28.2 Å². The molecule has 2 aromatic rings. The highest BCUT2D eigenvalue weighted by atomic mass is 32.1. The first-order valence-corrected chi connectivity index (χ1v) is 10.5. The van der Waals surface area contributed by atoms with Gasteiger partial charge in [0.2, 0.25) is 0 Å². The Labute approximate surface area is 177 Å². The van der Waals surface area contributed by atoms with E-state index < -0.39 is 11.9 Å². The zero-order valence-corrected chi connectivity index (χ0v) is 17.7. The van der Waals surface area contributed by atoms with Crippen LogP contribution in [0, 0.1) is 6.92 Å². The molecule has 10 heteroatoms. The molecule has 1 unspecified atom stereocenters. The van der Waals surface area contributed by atoms with Crippen LogP contribution in [0.2, 0.25) is 0 Å². The van der Waals surface area contributed by atoms with E-state index in [1.807, 2.05) is 25.1 Å². The summed E-state index contributed by atoms with van der Waals surface area (Å²) in [5, 5.41) is 7.79. The van der Waals surface area contributed by atoms with Crippen LogP contribution in [0.4, 0.5) is 13.2 Å². The Morgan fingerprint density at radius 2 is 2.20 bits per heavy atom. The largest absolute Gasteiger partial charge is 0.488 e. The fourth-order valence-electron chi connectivity index (χ4n) is 2.95. The molecule has 1 aliphatic heterocycles. The van der Waals surface area contributed by atoms with Gasteiger partial charge in [0.15, 0.2) is 11.7 Å². The number of benzene rings is 1. The van der Waals surface area contributed by atoms with Gasteiger partial charge in [-0.2, -0.15) is 13.2 Å². The van der Waals surface area contributed by atoms with E-state index in [0.717, 1.165) is 40.0 Å². The minimum Gasteiger partial charge on any atom is -0.488 e. The van der Waals surface area contributed by atoms with Crippen molar-refractivity contribution in [3.05, 3.63) is 45.4 Å². The lowest BCUT2D eigenvalue weighted by Gasteiger charge is -2.18. The lowest BCUT2D eigenvalue weighted by atomic mass is 10.1. The highest BCUT2D eigenvalue weighted by molar-refractivity contribution is 7.09. The van der Waals surface area contributed by atoms with Gasteiger partial charge in [0, 0.05) is 43.9 Å². The van der Waals surface area contributed by atoms with Crippen molar-refractivity contribution in [2.75, 3.05) is 26.8 Å². The summed E-state index contributed by atoms with van der Waals surface area (Å²) in [7, 11) is 1.64. The fourth-order valence-corrected chi connectivity index (χ4v) is 3.75. The highest BCUT2D eigenvalue weighted by Crippen LogP contribution is 2.30. The maximum Gasteiger partial charge on any atom is 0.434 e. The van der Waals surface area contributed by atoms with E-state index in [0.29, 0.717) is 43.7 Å². The second-order valence-corrected chi connectivity index (χ2v) is 7.88. The third-order valence-corrected chi connectivity index (χ3v) is 5.46. The summed E-state index contributed by atoms with van der Waals surface area (Å²) in [6.07, 6.45) is -3.10. The molecule has 1 saturated heterocycles. The molecule has 30 heavy (non-hydrogen) atoms. The maximum absolute atomic E-state index is 12.6. The lowest BCUT2D eigenvalue weighted by molar-refractivity contribution is -0.140. The molecule has 164 valence electrons. The number of guanidine groups is 1. The summed E-state index contributed by atoms with van der Waals surface area (Å²) in [4.78, 5) is 7.80. The van der Waals surface area contributed by atoms with E-state index in [-0.39, 0.29) is 6.10 Å². The highest BCUT2D eigenvalue weighted by Gasteiger charge is 2.33. The number of halogens is 3. The van der Waals surface area contributed by atoms with Crippen molar-refractivity contribution >= 4 is 17.3 Å². The summed E-state index contributed by atoms with van der Waals surface area (Å²) < 4.78 is 49.4. The summed E-state index contributed by atoms with van der Waals surface area (Å²) >= 11 is 1.01. The topological polar surface area (TPSA) is 67.8 Å². The number of hydrogen-bond acceptors (Lipinski definition) is 5. The molecule has 1 aromatic carbocycles. The average Bonchev–Trinajstić information content (AvgIpc) is 3.37. The number of rotatable bonds is 7. The molecular weight excluding hydrogens is 417 g/mol. The SMILES string of the molecule is CN=C(NCCc1nc(C(F)(F)F)cs1)NCc1ccc(C)cc1OC1CCOC1. The van der Waals surface area contributed by atoms with Crippen molar-refractivity contribution in [2.45, 2.75) is 38.6 Å². The Balaban J connectivity index is 1.51. The predicted octanol–water partition coefficient (Wildman–Crippen LogP) is 3.55. The molecule has 0 amide bonds. The van der Waals surface area contributed by atoms with E-state index in [2.05, 4.69) is 20.6 Å². The lowest BCUT2D eigenvalue weighted by Crippen LogP contribution is -2.38. The number of ether oxygens (including phenoxy) is 2. The number of hydrogen-bond donors (Lipinski definition) is 2. The van der Waals surface area contributed by atoms with Gasteiger partial charge < -0.3 is 20.1 Å². The van der Waals surface area contributed by atoms with E-state index in [1.165, 1.54) is 0 Å². The molecule has 2 N–H and O–H groups in total. The van der Waals surface area contributed by atoms with Crippen molar-refractivity contribution in [3.8, 4) is 5.75 Å². The summed E-state index contributed by atoms with van der Waals surface area (Å²) in [6, 6.07) is 6.03. The standard InChI is InChI=1S/C20H25F3N4O2S/c1-13-3-4-14(16(9-13)29-15-6-8-28-11-15)10-26-19(24-2)25-7-5-18-27-17(12-30-18)20(21,22)23/h3-4,9,12,15H,5-8,10-11H2,1-2H3,(H2,24,25,26). The smallest absolute Gasteiger partial charge is 0.434 e. The molecular formula is C20H25F3N4O2S. The molecule has 0 bridgehead atoms. The Hall–Kier alpha value is -2.33. The van der Waals surface area contributed by atoms with Crippen LogP contribution in [0.15, 0.2) is 28.6 Å². The minimum atomic E-state index is -4.40. The molecule has 1 aliphatic rings. The molecule has 2 heterocycles. The van der Waals surface area contributed by atoms with Gasteiger partial charge in [-0.05, 0) is 18.6 Å². The third kappa shape index (κ3) is 6.33. The molecule has 1 aromatic heterocycles. The van der Waals surface area contributed by atoms with Crippen LogP contribution in [-0.2, 0) is 23.9 Å². The second kappa shape index (κ2) is 10.1. The number of aromatic nitrogens is 1. The van der Waals surface area contributed by atoms with Gasteiger partial charge in [0.05, 0.1) is 18.2 Å². The van der Waals surface area contributed by atoms with Crippen molar-refractivity contribution in [2.24, 2.45) is 4.99 Å². The summed E-state index contributed by atoms with van der Waals surface area (Å²) in [5.41, 5.74) is 1.26. The molecule has 0 saturated carbocycles. The van der Waals surface area contributed by atoms with Gasteiger partial charge >= 0.3 is 6.18 Å². The van der Waals surface area contributed by atoms with Crippen LogP contribution < -0.4 is 15.4 Å². The van der Waals surface area contributed by atoms with Gasteiger partial charge in [-0.15, -0.1) is 11.3 Å². The number of nitrogens with one attached hydrogen (secondary N) is 2. The number of aliphatic imine (C=N–C) groups is 1. The first-order chi connectivity index (χ1) is 14.3. The quantitative estimate of drug-likeness (QED) is 0.507. The van der Waals surface area contributed by atoms with Crippen LogP contribution >= 0.6 is 11.3 Å². The Morgan fingerprint density at radius 1 is 1.37 bits per heavy atom. The van der Waals surface area contributed by atoms with Gasteiger partial charge in [0.25, 0.3) is 0 Å². The van der Waals surface area contributed by atoms with E-state index in [1.54, 1.807) is 7.05 Å². The van der Waals surface area contributed by atoms with Crippen LogP contribution in [-0.4, -0.2) is 43.9 Å². The zero-order chi connectivity index (χ0) is 21.6. The zero-order valence-electron chi connectivity index (χ0n) is 16.9.